The average molecular weight is 246 g/mol. The third kappa shape index (κ3) is 5.76. The molecule has 1 aromatic carbocycles. The van der Waals surface area contributed by atoms with Gasteiger partial charge in [0.1, 0.15) is 12.1 Å². The number of hydrogen-bond donors (Lipinski definition) is 0. The highest BCUT2D eigenvalue weighted by molar-refractivity contribution is 5.81. The van der Waals surface area contributed by atoms with E-state index in [1.165, 1.54) is 0 Å². The van der Waals surface area contributed by atoms with Gasteiger partial charge in [0, 0.05) is 18.8 Å². The molecule has 0 unspecified atom stereocenters. The molecule has 0 fully saturated rings. The molecular formula is C16H22O2. The van der Waals surface area contributed by atoms with Crippen molar-refractivity contribution in [3.8, 4) is 0 Å². The van der Waals surface area contributed by atoms with Gasteiger partial charge in [-0.2, -0.15) is 0 Å². The first-order valence-electron chi connectivity index (χ1n) is 6.41. The predicted octanol–water partition coefficient (Wildman–Crippen LogP) is 3.44. The predicted molar refractivity (Wildman–Crippen MR) is 73.4 cm³/mol. The van der Waals surface area contributed by atoms with Gasteiger partial charge < -0.3 is 4.79 Å². The van der Waals surface area contributed by atoms with Crippen LogP contribution in [0.4, 0.5) is 0 Å². The van der Waals surface area contributed by atoms with Crippen molar-refractivity contribution in [3.05, 3.63) is 35.9 Å². The van der Waals surface area contributed by atoms with Crippen LogP contribution in [-0.4, -0.2) is 12.1 Å². The monoisotopic (exact) mass is 246 g/mol. The maximum atomic E-state index is 11.9. The minimum Gasteiger partial charge on any atom is -0.303 e. The second-order valence-electron chi connectivity index (χ2n) is 6.07. The van der Waals surface area contributed by atoms with Crippen LogP contribution in [0.5, 0.6) is 0 Å². The van der Waals surface area contributed by atoms with E-state index in [0.29, 0.717) is 19.3 Å². The van der Waals surface area contributed by atoms with E-state index < -0.39 is 0 Å². The van der Waals surface area contributed by atoms with E-state index >= 15 is 0 Å². The first-order valence-corrected chi connectivity index (χ1v) is 6.41. The van der Waals surface area contributed by atoms with Crippen LogP contribution in [0.2, 0.25) is 0 Å². The van der Waals surface area contributed by atoms with Gasteiger partial charge in [0.2, 0.25) is 0 Å². The summed E-state index contributed by atoms with van der Waals surface area (Å²) in [4.78, 5) is 22.9. The molecule has 1 atom stereocenters. The van der Waals surface area contributed by atoms with Gasteiger partial charge >= 0.3 is 0 Å². The van der Waals surface area contributed by atoms with Gasteiger partial charge in [0.15, 0.2) is 0 Å². The Morgan fingerprint density at radius 3 is 2.33 bits per heavy atom. The second kappa shape index (κ2) is 6.48. The third-order valence-electron chi connectivity index (χ3n) is 2.75. The van der Waals surface area contributed by atoms with Crippen LogP contribution >= 0.6 is 0 Å². The maximum Gasteiger partial charge on any atom is 0.134 e. The summed E-state index contributed by atoms with van der Waals surface area (Å²) in [6, 6.07) is 9.84. The Hall–Kier alpha value is -1.44. The van der Waals surface area contributed by atoms with Crippen LogP contribution < -0.4 is 0 Å². The van der Waals surface area contributed by atoms with E-state index in [4.69, 9.17) is 0 Å². The standard InChI is InChI=1S/C16H22O2/c1-16(2,3)11-15(18)10-14(12-17)9-13-7-5-4-6-8-13/h4-8,12,14H,9-11H2,1-3H3/t14-/m0/s1. The number of ketones is 1. The fourth-order valence-corrected chi connectivity index (χ4v) is 2.04. The number of benzene rings is 1. The van der Waals surface area contributed by atoms with Gasteiger partial charge in [0.25, 0.3) is 0 Å². The highest BCUT2D eigenvalue weighted by atomic mass is 16.1. The summed E-state index contributed by atoms with van der Waals surface area (Å²) in [5.41, 5.74) is 1.11. The number of Topliss-reactive ketones (excluding diaryl/α,β-unsaturated/α-hetero) is 1. The Morgan fingerprint density at radius 2 is 1.83 bits per heavy atom. The molecule has 0 aliphatic heterocycles. The smallest absolute Gasteiger partial charge is 0.134 e. The van der Waals surface area contributed by atoms with Crippen LogP contribution in [0.1, 0.15) is 39.2 Å². The molecule has 0 saturated carbocycles. The molecule has 0 bridgehead atoms. The second-order valence-corrected chi connectivity index (χ2v) is 6.07. The lowest BCUT2D eigenvalue weighted by Crippen LogP contribution is -2.18. The Labute approximate surface area is 109 Å². The zero-order valence-electron chi connectivity index (χ0n) is 11.5. The van der Waals surface area contributed by atoms with Crippen molar-refractivity contribution in [1.29, 1.82) is 0 Å². The van der Waals surface area contributed by atoms with Crippen molar-refractivity contribution < 1.29 is 9.59 Å². The van der Waals surface area contributed by atoms with E-state index in [9.17, 15) is 9.59 Å². The Bertz CT molecular complexity index is 387. The fourth-order valence-electron chi connectivity index (χ4n) is 2.04. The largest absolute Gasteiger partial charge is 0.303 e. The molecule has 2 heteroatoms. The Morgan fingerprint density at radius 1 is 1.22 bits per heavy atom. The number of carbonyl (C=O) groups excluding carboxylic acids is 2. The molecule has 98 valence electrons. The Balaban J connectivity index is 2.53. The molecule has 0 aliphatic rings. The normalized spacial score (nSPS) is 13.1. The van der Waals surface area contributed by atoms with Crippen LogP contribution in [0.3, 0.4) is 0 Å². The molecule has 0 aromatic heterocycles. The van der Waals surface area contributed by atoms with Crippen molar-refractivity contribution in [2.24, 2.45) is 11.3 Å². The van der Waals surface area contributed by atoms with Gasteiger partial charge in [-0.05, 0) is 17.4 Å². The average Bonchev–Trinajstić information content (AvgIpc) is 2.27. The summed E-state index contributed by atoms with van der Waals surface area (Å²) in [7, 11) is 0. The van der Waals surface area contributed by atoms with Gasteiger partial charge in [-0.15, -0.1) is 0 Å². The number of rotatable bonds is 6. The molecule has 0 spiro atoms. The third-order valence-corrected chi connectivity index (χ3v) is 2.75. The van der Waals surface area contributed by atoms with Crippen LogP contribution in [0, 0.1) is 11.3 Å². The molecule has 0 radical (unpaired) electrons. The quantitative estimate of drug-likeness (QED) is 0.720. The molecule has 0 N–H and O–H groups in total. The van der Waals surface area contributed by atoms with Gasteiger partial charge in [0.05, 0.1) is 0 Å². The van der Waals surface area contributed by atoms with Crippen molar-refractivity contribution in [2.75, 3.05) is 0 Å². The van der Waals surface area contributed by atoms with Crippen molar-refractivity contribution in [2.45, 2.75) is 40.0 Å². The Kier molecular flexibility index (Phi) is 5.26. The summed E-state index contributed by atoms with van der Waals surface area (Å²) in [5, 5.41) is 0. The van der Waals surface area contributed by atoms with E-state index in [0.717, 1.165) is 11.8 Å². The SMILES string of the molecule is CC(C)(C)CC(=O)C[C@@H](C=O)Cc1ccccc1. The molecule has 1 aromatic rings. The number of aldehydes is 1. The molecule has 2 nitrogen and oxygen atoms in total. The van der Waals surface area contributed by atoms with E-state index in [-0.39, 0.29) is 17.1 Å². The van der Waals surface area contributed by atoms with Crippen molar-refractivity contribution in [3.63, 3.8) is 0 Å². The van der Waals surface area contributed by atoms with Crippen LogP contribution in [0.15, 0.2) is 30.3 Å². The highest BCUT2D eigenvalue weighted by Gasteiger charge is 2.19. The van der Waals surface area contributed by atoms with Gasteiger partial charge in [-0.1, -0.05) is 51.1 Å². The molecule has 0 aliphatic carbocycles. The van der Waals surface area contributed by atoms with Crippen LogP contribution in [-0.2, 0) is 16.0 Å². The first kappa shape index (κ1) is 14.6. The zero-order valence-corrected chi connectivity index (χ0v) is 11.5. The lowest BCUT2D eigenvalue weighted by Gasteiger charge is -2.18. The first-order chi connectivity index (χ1) is 8.40. The molecule has 0 saturated heterocycles. The molecular weight excluding hydrogens is 224 g/mol. The summed E-state index contributed by atoms with van der Waals surface area (Å²) >= 11 is 0. The molecule has 0 heterocycles. The summed E-state index contributed by atoms with van der Waals surface area (Å²) < 4.78 is 0. The highest BCUT2D eigenvalue weighted by Crippen LogP contribution is 2.21. The summed E-state index contributed by atoms with van der Waals surface area (Å²) in [6.45, 7) is 6.12. The number of carbonyl (C=O) groups is 2. The lowest BCUT2D eigenvalue weighted by atomic mass is 9.86. The van der Waals surface area contributed by atoms with Gasteiger partial charge in [-0.3, -0.25) is 4.79 Å². The van der Waals surface area contributed by atoms with Crippen molar-refractivity contribution in [1.82, 2.24) is 0 Å². The maximum absolute atomic E-state index is 11.9. The van der Waals surface area contributed by atoms with E-state index in [2.05, 4.69) is 0 Å². The van der Waals surface area contributed by atoms with E-state index in [1.54, 1.807) is 0 Å². The summed E-state index contributed by atoms with van der Waals surface area (Å²) in [5.74, 6) is -0.0159. The fraction of sp³-hybridized carbons (Fsp3) is 0.500. The van der Waals surface area contributed by atoms with E-state index in [1.807, 2.05) is 51.1 Å². The summed E-state index contributed by atoms with van der Waals surface area (Å²) in [6.07, 6.45) is 2.45. The minimum atomic E-state index is -0.192. The van der Waals surface area contributed by atoms with Crippen LogP contribution in [0.25, 0.3) is 0 Å². The zero-order chi connectivity index (χ0) is 13.6. The van der Waals surface area contributed by atoms with Crippen molar-refractivity contribution >= 4 is 12.1 Å². The van der Waals surface area contributed by atoms with Gasteiger partial charge in [-0.25, -0.2) is 0 Å². The molecule has 1 rings (SSSR count). The molecule has 0 amide bonds. The lowest BCUT2D eigenvalue weighted by molar-refractivity contribution is -0.124. The minimum absolute atomic E-state index is 0.00271. The number of hydrogen-bond acceptors (Lipinski definition) is 2. The topological polar surface area (TPSA) is 34.1 Å². The molecule has 18 heavy (non-hydrogen) atoms.